The Bertz CT molecular complexity index is 767. The summed E-state index contributed by atoms with van der Waals surface area (Å²) in [7, 11) is 0. The van der Waals surface area contributed by atoms with Gasteiger partial charge in [0.05, 0.1) is 18.3 Å². The summed E-state index contributed by atoms with van der Waals surface area (Å²) in [4.78, 5) is 22.9. The van der Waals surface area contributed by atoms with Crippen LogP contribution >= 0.6 is 0 Å². The van der Waals surface area contributed by atoms with Crippen molar-refractivity contribution < 1.29 is 28.9 Å². The lowest BCUT2D eigenvalue weighted by atomic mass is 9.97. The molecule has 1 heterocycles. The minimum Gasteiger partial charge on any atom is -0.493 e. The largest absolute Gasteiger partial charge is 0.493 e. The maximum Gasteiger partial charge on any atom is 0.290 e. The Labute approximate surface area is 197 Å². The van der Waals surface area contributed by atoms with Gasteiger partial charge >= 0.3 is 0 Å². The van der Waals surface area contributed by atoms with Gasteiger partial charge in [0.25, 0.3) is 12.4 Å². The van der Waals surface area contributed by atoms with Crippen LogP contribution in [0.25, 0.3) is 0 Å². The number of carbonyl (C=O) groups is 2. The number of likely N-dealkylation sites (tertiary alicyclic amines) is 1. The van der Waals surface area contributed by atoms with Crippen molar-refractivity contribution in [2.75, 3.05) is 13.2 Å². The molecule has 2 aliphatic rings. The molecule has 3 unspecified atom stereocenters. The SMILES string of the molecule is CCCCCC(CCC)COc1cc(F)c(C(=O)N2CC(O)CC2C)cc1C1CC1.O=CO. The number of ether oxygens (including phenoxy) is 1. The monoisotopic (exact) mass is 465 g/mol. The second-order valence-electron chi connectivity index (χ2n) is 9.41. The minimum absolute atomic E-state index is 0.0786. The van der Waals surface area contributed by atoms with E-state index in [2.05, 4.69) is 13.8 Å². The van der Waals surface area contributed by atoms with Crippen molar-refractivity contribution in [2.45, 2.75) is 96.6 Å². The lowest BCUT2D eigenvalue weighted by Crippen LogP contribution is -2.35. The molecule has 1 saturated carbocycles. The van der Waals surface area contributed by atoms with Gasteiger partial charge in [-0.15, -0.1) is 0 Å². The molecule has 2 fully saturated rings. The second kappa shape index (κ2) is 13.5. The van der Waals surface area contributed by atoms with Gasteiger partial charge in [0, 0.05) is 18.7 Å². The molecule has 1 aliphatic carbocycles. The van der Waals surface area contributed by atoms with Gasteiger partial charge in [0.15, 0.2) is 0 Å². The van der Waals surface area contributed by atoms with E-state index in [0.717, 1.165) is 37.7 Å². The molecule has 1 aliphatic heterocycles. The number of nitrogens with zero attached hydrogens (tertiary/aromatic N) is 1. The fourth-order valence-corrected chi connectivity index (χ4v) is 4.62. The molecule has 0 radical (unpaired) electrons. The first kappa shape index (κ1) is 27.1. The zero-order valence-electron chi connectivity index (χ0n) is 20.3. The number of aliphatic hydroxyl groups is 1. The van der Waals surface area contributed by atoms with Crippen LogP contribution < -0.4 is 4.74 Å². The maximum atomic E-state index is 15.0. The number of hydrogen-bond acceptors (Lipinski definition) is 4. The van der Waals surface area contributed by atoms with Gasteiger partial charge in [-0.2, -0.15) is 0 Å². The van der Waals surface area contributed by atoms with Crippen LogP contribution in [-0.2, 0) is 4.79 Å². The van der Waals surface area contributed by atoms with E-state index in [4.69, 9.17) is 14.6 Å². The van der Waals surface area contributed by atoms with Crippen LogP contribution in [0.4, 0.5) is 4.39 Å². The van der Waals surface area contributed by atoms with E-state index in [1.807, 2.05) is 6.92 Å². The van der Waals surface area contributed by atoms with Crippen LogP contribution in [0.3, 0.4) is 0 Å². The number of benzene rings is 1. The summed E-state index contributed by atoms with van der Waals surface area (Å²) in [6.07, 6.45) is 9.18. The molecule has 1 amide bonds. The molecule has 0 bridgehead atoms. The number of unbranched alkanes of at least 4 members (excludes halogenated alkanes) is 2. The first-order valence-corrected chi connectivity index (χ1v) is 12.4. The van der Waals surface area contributed by atoms with Crippen molar-refractivity contribution in [1.82, 2.24) is 4.90 Å². The van der Waals surface area contributed by atoms with Gasteiger partial charge in [-0.25, -0.2) is 4.39 Å². The highest BCUT2D eigenvalue weighted by Crippen LogP contribution is 2.45. The Morgan fingerprint density at radius 1 is 1.24 bits per heavy atom. The van der Waals surface area contributed by atoms with Crippen LogP contribution in [0.15, 0.2) is 12.1 Å². The molecule has 2 N–H and O–H groups in total. The molecule has 7 heteroatoms. The fraction of sp³-hybridized carbons (Fsp3) is 0.692. The standard InChI is InChI=1S/C25H38FNO3.CH2O2/c1-4-6-7-9-18(8-5-2)16-30-24-14-23(26)22(13-21(24)19-10-11-19)25(29)27-15-20(28)12-17(27)3;2-1-3/h13-14,17-20,28H,4-12,15-16H2,1-3H3;1H,(H,2,3). The van der Waals surface area contributed by atoms with E-state index in [9.17, 15) is 14.3 Å². The third kappa shape index (κ3) is 7.98. The number of aliphatic hydroxyl groups excluding tert-OH is 1. The van der Waals surface area contributed by atoms with Gasteiger partial charge in [-0.05, 0) is 62.5 Å². The lowest BCUT2D eigenvalue weighted by molar-refractivity contribution is -0.122. The highest BCUT2D eigenvalue weighted by molar-refractivity contribution is 5.95. The molecule has 6 nitrogen and oxygen atoms in total. The van der Waals surface area contributed by atoms with E-state index in [0.29, 0.717) is 30.6 Å². The van der Waals surface area contributed by atoms with E-state index >= 15 is 0 Å². The molecular weight excluding hydrogens is 425 g/mol. The quantitative estimate of drug-likeness (QED) is 0.339. The summed E-state index contributed by atoms with van der Waals surface area (Å²) in [6, 6.07) is 3.06. The van der Waals surface area contributed by atoms with Crippen molar-refractivity contribution in [1.29, 1.82) is 0 Å². The van der Waals surface area contributed by atoms with E-state index < -0.39 is 11.9 Å². The number of amides is 1. The summed E-state index contributed by atoms with van der Waals surface area (Å²) in [5.74, 6) is 0.612. The summed E-state index contributed by atoms with van der Waals surface area (Å²) < 4.78 is 21.1. The molecule has 1 saturated heterocycles. The number of carbonyl (C=O) groups excluding carboxylic acids is 1. The Balaban J connectivity index is 0.00000122. The number of hydrogen-bond donors (Lipinski definition) is 2. The van der Waals surface area contributed by atoms with E-state index in [1.165, 1.54) is 25.3 Å². The molecular formula is C26H40FNO5. The zero-order valence-corrected chi connectivity index (χ0v) is 20.3. The van der Waals surface area contributed by atoms with Gasteiger partial charge in [-0.3, -0.25) is 9.59 Å². The lowest BCUT2D eigenvalue weighted by Gasteiger charge is -2.23. The van der Waals surface area contributed by atoms with Crippen molar-refractivity contribution >= 4 is 12.4 Å². The predicted molar refractivity (Wildman–Crippen MR) is 126 cm³/mol. The third-order valence-corrected chi connectivity index (χ3v) is 6.55. The van der Waals surface area contributed by atoms with Crippen molar-refractivity contribution in [2.24, 2.45) is 5.92 Å². The Hall–Kier alpha value is -2.15. The molecule has 3 atom stereocenters. The molecule has 1 aromatic rings. The summed E-state index contributed by atoms with van der Waals surface area (Å²) in [6.45, 7) is 6.94. The van der Waals surface area contributed by atoms with Crippen molar-refractivity contribution in [3.8, 4) is 5.75 Å². The van der Waals surface area contributed by atoms with Gasteiger partial charge in [-0.1, -0.05) is 39.5 Å². The topological polar surface area (TPSA) is 87.1 Å². The maximum absolute atomic E-state index is 15.0. The molecule has 186 valence electrons. The summed E-state index contributed by atoms with van der Waals surface area (Å²) in [5, 5.41) is 16.8. The molecule has 3 rings (SSSR count). The highest BCUT2D eigenvalue weighted by atomic mass is 19.1. The molecule has 33 heavy (non-hydrogen) atoms. The third-order valence-electron chi connectivity index (χ3n) is 6.55. The summed E-state index contributed by atoms with van der Waals surface area (Å²) >= 11 is 0. The number of carboxylic acid groups (broad SMARTS) is 1. The smallest absolute Gasteiger partial charge is 0.290 e. The van der Waals surface area contributed by atoms with Gasteiger partial charge < -0.3 is 19.8 Å². The molecule has 1 aromatic carbocycles. The normalized spacial score (nSPS) is 20.7. The number of β-amino-alcohol motifs (C(OH)–C–C–N with tert-alkyl or cyclic N) is 1. The Morgan fingerprint density at radius 3 is 2.48 bits per heavy atom. The highest BCUT2D eigenvalue weighted by Gasteiger charge is 2.35. The predicted octanol–water partition coefficient (Wildman–Crippen LogP) is 5.37. The van der Waals surface area contributed by atoms with E-state index in [-0.39, 0.29) is 30.5 Å². The van der Waals surface area contributed by atoms with Gasteiger partial charge in [0.1, 0.15) is 11.6 Å². The molecule has 0 aromatic heterocycles. The summed E-state index contributed by atoms with van der Waals surface area (Å²) in [5.41, 5.74) is 1.08. The van der Waals surface area contributed by atoms with Crippen LogP contribution in [0.5, 0.6) is 5.75 Å². The van der Waals surface area contributed by atoms with Crippen LogP contribution in [0.1, 0.15) is 100 Å². The average molecular weight is 466 g/mol. The van der Waals surface area contributed by atoms with E-state index in [1.54, 1.807) is 11.0 Å². The number of rotatable bonds is 11. The zero-order chi connectivity index (χ0) is 24.4. The fourth-order valence-electron chi connectivity index (χ4n) is 4.62. The Kier molecular flexibility index (Phi) is 11.1. The van der Waals surface area contributed by atoms with Crippen LogP contribution in [0, 0.1) is 11.7 Å². The average Bonchev–Trinajstić information content (AvgIpc) is 3.55. The first-order chi connectivity index (χ1) is 15.9. The van der Waals surface area contributed by atoms with Crippen molar-refractivity contribution in [3.05, 3.63) is 29.1 Å². The van der Waals surface area contributed by atoms with Crippen LogP contribution in [-0.4, -0.2) is 52.8 Å². The Morgan fingerprint density at radius 2 is 1.94 bits per heavy atom. The van der Waals surface area contributed by atoms with Crippen molar-refractivity contribution in [3.63, 3.8) is 0 Å². The first-order valence-electron chi connectivity index (χ1n) is 12.4. The second-order valence-corrected chi connectivity index (χ2v) is 9.41. The minimum atomic E-state index is -0.527. The van der Waals surface area contributed by atoms with Crippen LogP contribution in [0.2, 0.25) is 0 Å². The molecule has 0 spiro atoms. The number of halogens is 1. The van der Waals surface area contributed by atoms with Gasteiger partial charge in [0.2, 0.25) is 0 Å².